The normalized spacial score (nSPS) is 13.0. The molecule has 0 aliphatic carbocycles. The third kappa shape index (κ3) is 3.03. The first kappa shape index (κ1) is 21.5. The molecular weight excluding hydrogens is 388 g/mol. The van der Waals surface area contributed by atoms with E-state index in [1.807, 2.05) is 0 Å². The summed E-state index contributed by atoms with van der Waals surface area (Å²) in [5.74, 6) is -17.1. The van der Waals surface area contributed by atoms with Gasteiger partial charge in [-0.05, 0) is 12.1 Å². The molecule has 1 aromatic heterocycles. The summed E-state index contributed by atoms with van der Waals surface area (Å²) in [7, 11) is 1.77. The highest BCUT2D eigenvalue weighted by molar-refractivity contribution is 5.92. The number of nitroso groups, excluding NO2 is 1. The van der Waals surface area contributed by atoms with Crippen LogP contribution in [0, 0.1) is 4.91 Å². The number of ether oxygens (including phenoxy) is 1. The van der Waals surface area contributed by atoms with E-state index in [1.165, 1.54) is 0 Å². The van der Waals surface area contributed by atoms with Crippen molar-refractivity contribution in [3.05, 3.63) is 28.4 Å². The monoisotopic (exact) mass is 397 g/mol. The van der Waals surface area contributed by atoms with Gasteiger partial charge in [0.15, 0.2) is 10.5 Å². The summed E-state index contributed by atoms with van der Waals surface area (Å²) in [6.45, 7) is 0. The molecule has 14 heteroatoms. The fourth-order valence-electron chi connectivity index (χ4n) is 1.73. The zero-order chi connectivity index (χ0) is 20.7. The molecule has 0 aliphatic rings. The topological polar surface area (TPSA) is 68.4 Å². The summed E-state index contributed by atoms with van der Waals surface area (Å²) in [5.41, 5.74) is -1.56. The standard InChI is InChI=1S/C12H9F8N2O4/c1-21-5(3-4-6(21)8(24)26-2)7(23)22(25)12(19,20)11(17,18)10(15,16)9(13)14/h3-4,9H,1-2H3/q+1. The van der Waals surface area contributed by atoms with Gasteiger partial charge in [-0.15, -0.1) is 8.78 Å². The van der Waals surface area contributed by atoms with E-state index in [4.69, 9.17) is 0 Å². The smallest absolute Gasteiger partial charge is 0.464 e. The number of carbonyl (C=O) groups excluding carboxylic acids is 2. The minimum atomic E-state index is -6.89. The second-order valence-corrected chi connectivity index (χ2v) is 4.79. The van der Waals surface area contributed by atoms with Crippen LogP contribution in [-0.2, 0) is 11.8 Å². The van der Waals surface area contributed by atoms with Crippen LogP contribution in [-0.4, -0.2) is 52.6 Å². The highest BCUT2D eigenvalue weighted by Crippen LogP contribution is 2.48. The molecule has 0 aliphatic heterocycles. The van der Waals surface area contributed by atoms with Crippen molar-refractivity contribution in [1.29, 1.82) is 0 Å². The number of amides is 1. The summed E-state index contributed by atoms with van der Waals surface area (Å²) in [6, 6.07) is -5.17. The molecule has 0 saturated heterocycles. The number of aromatic nitrogens is 1. The second-order valence-electron chi connectivity index (χ2n) is 4.79. The van der Waals surface area contributed by atoms with Crippen molar-refractivity contribution in [2.75, 3.05) is 7.11 Å². The molecule has 0 radical (unpaired) electrons. The first-order valence-corrected chi connectivity index (χ1v) is 6.31. The zero-order valence-corrected chi connectivity index (χ0v) is 12.8. The molecule has 1 amide bonds. The Kier molecular flexibility index (Phi) is 5.49. The van der Waals surface area contributed by atoms with Gasteiger partial charge in [-0.2, -0.15) is 17.6 Å². The van der Waals surface area contributed by atoms with Crippen LogP contribution >= 0.6 is 0 Å². The van der Waals surface area contributed by atoms with Crippen LogP contribution in [0.4, 0.5) is 35.1 Å². The van der Waals surface area contributed by atoms with E-state index in [-0.39, 0.29) is 0 Å². The van der Waals surface area contributed by atoms with Gasteiger partial charge in [0, 0.05) is 12.0 Å². The van der Waals surface area contributed by atoms with Gasteiger partial charge in [0.2, 0.25) is 0 Å². The number of halogens is 8. The van der Waals surface area contributed by atoms with Crippen molar-refractivity contribution >= 4 is 11.9 Å². The summed E-state index contributed by atoms with van der Waals surface area (Å²) in [4.78, 5) is 34.3. The lowest BCUT2D eigenvalue weighted by molar-refractivity contribution is -0.663. The van der Waals surface area contributed by atoms with E-state index in [0.29, 0.717) is 10.6 Å². The molecule has 1 aromatic rings. The summed E-state index contributed by atoms with van der Waals surface area (Å²) in [5, 5.41) is 0. The summed E-state index contributed by atoms with van der Waals surface area (Å²) < 4.78 is 105. The van der Waals surface area contributed by atoms with Gasteiger partial charge in [-0.1, -0.05) is 0 Å². The first-order chi connectivity index (χ1) is 11.6. The fourth-order valence-corrected chi connectivity index (χ4v) is 1.73. The molecule has 0 fully saturated rings. The Morgan fingerprint density at radius 3 is 1.96 bits per heavy atom. The minimum absolute atomic E-state index is 0.475. The van der Waals surface area contributed by atoms with Gasteiger partial charge in [0.1, 0.15) is 5.69 Å². The van der Waals surface area contributed by atoms with Crippen LogP contribution < -0.4 is 0 Å². The Balaban J connectivity index is 3.32. The van der Waals surface area contributed by atoms with E-state index in [9.17, 15) is 49.6 Å². The van der Waals surface area contributed by atoms with Crippen molar-refractivity contribution in [3.8, 4) is 0 Å². The van der Waals surface area contributed by atoms with Gasteiger partial charge in [-0.25, -0.2) is 18.4 Å². The average Bonchev–Trinajstić information content (AvgIpc) is 2.93. The molecule has 0 N–H and O–H groups in total. The molecule has 0 bridgehead atoms. The van der Waals surface area contributed by atoms with E-state index in [0.717, 1.165) is 20.2 Å². The molecule has 0 unspecified atom stereocenters. The Morgan fingerprint density at radius 1 is 1.08 bits per heavy atom. The Labute approximate surface area is 138 Å². The molecule has 0 spiro atoms. The number of carbonyl (C=O) groups is 2. The van der Waals surface area contributed by atoms with Gasteiger partial charge in [0.25, 0.3) is 0 Å². The van der Waals surface area contributed by atoms with Crippen LogP contribution in [0.25, 0.3) is 0 Å². The maximum Gasteiger partial charge on any atom is 0.582 e. The minimum Gasteiger partial charge on any atom is -0.464 e. The number of hydrogen-bond acceptors (Lipinski definition) is 4. The maximum atomic E-state index is 13.5. The van der Waals surface area contributed by atoms with Gasteiger partial charge in [-0.3, -0.25) is 0 Å². The van der Waals surface area contributed by atoms with Gasteiger partial charge < -0.3 is 9.30 Å². The van der Waals surface area contributed by atoms with Crippen molar-refractivity contribution < 1.29 is 54.2 Å². The zero-order valence-electron chi connectivity index (χ0n) is 12.8. The highest BCUT2D eigenvalue weighted by Gasteiger charge is 2.85. The Hall–Kier alpha value is -2.54. The van der Waals surface area contributed by atoms with Crippen molar-refractivity contribution in [1.82, 2.24) is 4.57 Å². The van der Waals surface area contributed by atoms with E-state index in [1.54, 1.807) is 0 Å². The lowest BCUT2D eigenvalue weighted by Gasteiger charge is -2.25. The molecule has 1 heterocycles. The third-order valence-corrected chi connectivity index (χ3v) is 3.25. The van der Waals surface area contributed by atoms with Crippen LogP contribution in [0.3, 0.4) is 0 Å². The maximum absolute atomic E-state index is 13.5. The van der Waals surface area contributed by atoms with E-state index < -0.39 is 52.3 Å². The fraction of sp³-hybridized carbons (Fsp3) is 0.500. The van der Waals surface area contributed by atoms with Crippen LogP contribution in [0.2, 0.25) is 0 Å². The number of nitrogens with zero attached hydrogens (tertiary/aromatic N) is 2. The Morgan fingerprint density at radius 2 is 1.54 bits per heavy atom. The number of hydrogen-bond donors (Lipinski definition) is 0. The molecule has 26 heavy (non-hydrogen) atoms. The van der Waals surface area contributed by atoms with E-state index >= 15 is 0 Å². The summed E-state index contributed by atoms with van der Waals surface area (Å²) in [6.07, 6.45) is -5.24. The second kappa shape index (κ2) is 6.64. The van der Waals surface area contributed by atoms with Crippen molar-refractivity contribution in [2.45, 2.75) is 24.3 Å². The SMILES string of the molecule is COC(=O)c1ccc(C(=O)[N+](=O)C(F)(F)C(F)(F)C(F)(F)C(F)F)n1C. The van der Waals surface area contributed by atoms with Gasteiger partial charge in [0.05, 0.1) is 7.11 Å². The molecule has 0 saturated carbocycles. The van der Waals surface area contributed by atoms with Crippen LogP contribution in [0.5, 0.6) is 0 Å². The number of alkyl halides is 8. The van der Waals surface area contributed by atoms with E-state index in [2.05, 4.69) is 4.74 Å². The Bertz CT molecular complexity index is 744. The van der Waals surface area contributed by atoms with Crippen molar-refractivity contribution in [2.24, 2.45) is 7.05 Å². The molecule has 146 valence electrons. The molecule has 1 rings (SSSR count). The predicted octanol–water partition coefficient (Wildman–Crippen LogP) is 2.86. The molecule has 0 aromatic carbocycles. The lowest BCUT2D eigenvalue weighted by atomic mass is 10.1. The number of methoxy groups -OCH3 is 1. The predicted molar refractivity (Wildman–Crippen MR) is 65.6 cm³/mol. The largest absolute Gasteiger partial charge is 0.582 e. The quantitative estimate of drug-likeness (QED) is 0.321. The summed E-state index contributed by atoms with van der Waals surface area (Å²) >= 11 is 0. The average molecular weight is 397 g/mol. The molecular formula is C12H9F8N2O4+. The molecule has 0 atom stereocenters. The van der Waals surface area contributed by atoms with Crippen molar-refractivity contribution in [3.63, 3.8) is 0 Å². The van der Waals surface area contributed by atoms with Gasteiger partial charge >= 0.3 is 36.2 Å². The number of rotatable bonds is 6. The lowest BCUT2D eigenvalue weighted by Crippen LogP contribution is -2.62. The van der Waals surface area contributed by atoms with Crippen LogP contribution in [0.15, 0.2) is 12.1 Å². The first-order valence-electron chi connectivity index (χ1n) is 6.31. The molecule has 6 nitrogen and oxygen atoms in total. The third-order valence-electron chi connectivity index (χ3n) is 3.25. The van der Waals surface area contributed by atoms with Crippen LogP contribution in [0.1, 0.15) is 21.0 Å². The highest BCUT2D eigenvalue weighted by atomic mass is 19.4. The number of esters is 1.